The lowest BCUT2D eigenvalue weighted by molar-refractivity contribution is -0.151. The van der Waals surface area contributed by atoms with Gasteiger partial charge in [0.05, 0.1) is 6.54 Å². The zero-order chi connectivity index (χ0) is 13.8. The molecule has 7 heteroatoms. The van der Waals surface area contributed by atoms with Crippen LogP contribution in [0.25, 0.3) is 0 Å². The van der Waals surface area contributed by atoms with Crippen molar-refractivity contribution in [2.75, 3.05) is 19.6 Å². The number of hydrogen-bond acceptors (Lipinski definition) is 4. The second-order valence-electron chi connectivity index (χ2n) is 4.97. The van der Waals surface area contributed by atoms with E-state index >= 15 is 0 Å². The fourth-order valence-electron chi connectivity index (χ4n) is 2.57. The number of carbonyl (C=O) groups excluding carboxylic acids is 2. The van der Waals surface area contributed by atoms with Crippen molar-refractivity contribution in [1.29, 1.82) is 0 Å². The van der Waals surface area contributed by atoms with Crippen LogP contribution in [0.15, 0.2) is 0 Å². The van der Waals surface area contributed by atoms with Gasteiger partial charge in [0.2, 0.25) is 11.8 Å². The maximum Gasteiger partial charge on any atom is 0.326 e. The van der Waals surface area contributed by atoms with Gasteiger partial charge in [-0.3, -0.25) is 14.9 Å². The lowest BCUT2D eigenvalue weighted by atomic mass is 10.1. The van der Waals surface area contributed by atoms with Crippen molar-refractivity contribution in [3.8, 4) is 0 Å². The van der Waals surface area contributed by atoms with Crippen LogP contribution in [-0.4, -0.2) is 59.5 Å². The molecule has 0 spiro atoms. The number of piperazine rings is 1. The second-order valence-corrected chi connectivity index (χ2v) is 4.97. The van der Waals surface area contributed by atoms with E-state index in [0.717, 1.165) is 19.3 Å². The number of carboxylic acids is 1. The van der Waals surface area contributed by atoms with Crippen LogP contribution < -0.4 is 10.6 Å². The molecule has 2 aliphatic heterocycles. The molecule has 2 unspecified atom stereocenters. The Morgan fingerprint density at radius 1 is 1.26 bits per heavy atom. The molecule has 2 atom stereocenters. The Hall–Kier alpha value is -1.63. The van der Waals surface area contributed by atoms with Crippen molar-refractivity contribution in [2.24, 2.45) is 0 Å². The Morgan fingerprint density at radius 2 is 2.05 bits per heavy atom. The number of carbonyl (C=O) groups is 3. The van der Waals surface area contributed by atoms with Gasteiger partial charge in [0.25, 0.3) is 0 Å². The van der Waals surface area contributed by atoms with E-state index in [-0.39, 0.29) is 24.9 Å². The molecule has 0 aromatic heterocycles. The number of likely N-dealkylation sites (tertiary alicyclic amines) is 1. The third-order valence-electron chi connectivity index (χ3n) is 3.63. The molecule has 3 N–H and O–H groups in total. The van der Waals surface area contributed by atoms with Gasteiger partial charge in [-0.15, -0.1) is 0 Å². The molecular weight excluding hydrogens is 250 g/mol. The third-order valence-corrected chi connectivity index (χ3v) is 3.63. The van der Waals surface area contributed by atoms with Gasteiger partial charge in [0.15, 0.2) is 0 Å². The SMILES string of the molecule is O=C1CNC(C(=O)N2CCCCCC2C(=O)O)CN1. The maximum atomic E-state index is 12.4. The van der Waals surface area contributed by atoms with Crippen LogP contribution in [0.2, 0.25) is 0 Å². The molecule has 0 aromatic carbocycles. The van der Waals surface area contributed by atoms with Crippen LogP contribution >= 0.6 is 0 Å². The molecule has 106 valence electrons. The number of amides is 2. The monoisotopic (exact) mass is 269 g/mol. The number of nitrogens with one attached hydrogen (secondary N) is 2. The summed E-state index contributed by atoms with van der Waals surface area (Å²) in [7, 11) is 0. The second kappa shape index (κ2) is 6.01. The van der Waals surface area contributed by atoms with Gasteiger partial charge in [-0.2, -0.15) is 0 Å². The molecule has 2 fully saturated rings. The normalized spacial score (nSPS) is 28.4. The zero-order valence-electron chi connectivity index (χ0n) is 10.7. The Labute approximate surface area is 111 Å². The molecule has 2 amide bonds. The van der Waals surface area contributed by atoms with E-state index in [2.05, 4.69) is 10.6 Å². The van der Waals surface area contributed by atoms with E-state index in [0.29, 0.717) is 13.0 Å². The minimum absolute atomic E-state index is 0.0992. The highest BCUT2D eigenvalue weighted by molar-refractivity contribution is 5.89. The Balaban J connectivity index is 2.05. The summed E-state index contributed by atoms with van der Waals surface area (Å²) >= 11 is 0. The topological polar surface area (TPSA) is 98.7 Å². The first-order chi connectivity index (χ1) is 9.09. The summed E-state index contributed by atoms with van der Waals surface area (Å²) in [5, 5.41) is 14.7. The summed E-state index contributed by atoms with van der Waals surface area (Å²) in [6.07, 6.45) is 3.10. The summed E-state index contributed by atoms with van der Waals surface area (Å²) in [5.41, 5.74) is 0. The lowest BCUT2D eigenvalue weighted by Crippen LogP contribution is -2.60. The predicted octanol–water partition coefficient (Wildman–Crippen LogP) is -1.07. The highest BCUT2D eigenvalue weighted by atomic mass is 16.4. The van der Waals surface area contributed by atoms with Crippen LogP contribution in [0.3, 0.4) is 0 Å². The van der Waals surface area contributed by atoms with Gasteiger partial charge in [0, 0.05) is 13.1 Å². The zero-order valence-corrected chi connectivity index (χ0v) is 10.7. The van der Waals surface area contributed by atoms with Crippen molar-refractivity contribution < 1.29 is 19.5 Å². The Bertz CT molecular complexity index is 375. The van der Waals surface area contributed by atoms with Crippen molar-refractivity contribution >= 4 is 17.8 Å². The van der Waals surface area contributed by atoms with E-state index < -0.39 is 18.1 Å². The Kier molecular flexibility index (Phi) is 4.36. The highest BCUT2D eigenvalue weighted by Crippen LogP contribution is 2.18. The number of carboxylic acid groups (broad SMARTS) is 1. The highest BCUT2D eigenvalue weighted by Gasteiger charge is 2.35. The van der Waals surface area contributed by atoms with E-state index in [9.17, 15) is 19.5 Å². The van der Waals surface area contributed by atoms with Gasteiger partial charge >= 0.3 is 5.97 Å². The molecule has 0 bridgehead atoms. The molecule has 0 aliphatic carbocycles. The maximum absolute atomic E-state index is 12.4. The fraction of sp³-hybridized carbons (Fsp3) is 0.750. The van der Waals surface area contributed by atoms with Gasteiger partial charge in [-0.1, -0.05) is 12.8 Å². The molecule has 2 aliphatic rings. The first kappa shape index (κ1) is 13.8. The number of aliphatic carboxylic acids is 1. The third kappa shape index (κ3) is 3.23. The van der Waals surface area contributed by atoms with E-state index in [1.807, 2.05) is 0 Å². The first-order valence-electron chi connectivity index (χ1n) is 6.63. The van der Waals surface area contributed by atoms with Gasteiger partial charge in [-0.05, 0) is 12.8 Å². The molecule has 2 saturated heterocycles. The lowest BCUT2D eigenvalue weighted by Gasteiger charge is -2.32. The average Bonchev–Trinajstić information content (AvgIpc) is 2.64. The summed E-state index contributed by atoms with van der Waals surface area (Å²) in [5.74, 6) is -1.32. The van der Waals surface area contributed by atoms with Gasteiger partial charge < -0.3 is 15.3 Å². The van der Waals surface area contributed by atoms with Crippen LogP contribution in [-0.2, 0) is 14.4 Å². The molecule has 2 rings (SSSR count). The van der Waals surface area contributed by atoms with Crippen molar-refractivity contribution in [3.05, 3.63) is 0 Å². The van der Waals surface area contributed by atoms with E-state index in [1.54, 1.807) is 0 Å². The van der Waals surface area contributed by atoms with E-state index in [1.165, 1.54) is 4.90 Å². The number of nitrogens with zero attached hydrogens (tertiary/aromatic N) is 1. The fourth-order valence-corrected chi connectivity index (χ4v) is 2.57. The van der Waals surface area contributed by atoms with E-state index in [4.69, 9.17) is 0 Å². The van der Waals surface area contributed by atoms with Crippen molar-refractivity contribution in [3.63, 3.8) is 0 Å². The van der Waals surface area contributed by atoms with Gasteiger partial charge in [0.1, 0.15) is 12.1 Å². The molecule has 19 heavy (non-hydrogen) atoms. The molecule has 0 saturated carbocycles. The minimum Gasteiger partial charge on any atom is -0.480 e. The molecule has 0 radical (unpaired) electrons. The molecule has 2 heterocycles. The predicted molar refractivity (Wildman–Crippen MR) is 66.4 cm³/mol. The van der Waals surface area contributed by atoms with Crippen molar-refractivity contribution in [1.82, 2.24) is 15.5 Å². The molecule has 7 nitrogen and oxygen atoms in total. The van der Waals surface area contributed by atoms with Crippen LogP contribution in [0, 0.1) is 0 Å². The van der Waals surface area contributed by atoms with Gasteiger partial charge in [-0.25, -0.2) is 4.79 Å². The number of hydrogen-bond donors (Lipinski definition) is 3. The van der Waals surface area contributed by atoms with Crippen LogP contribution in [0.4, 0.5) is 0 Å². The largest absolute Gasteiger partial charge is 0.480 e. The van der Waals surface area contributed by atoms with Crippen molar-refractivity contribution in [2.45, 2.75) is 37.8 Å². The first-order valence-corrected chi connectivity index (χ1v) is 6.63. The van der Waals surface area contributed by atoms with Crippen LogP contribution in [0.5, 0.6) is 0 Å². The van der Waals surface area contributed by atoms with Crippen LogP contribution in [0.1, 0.15) is 25.7 Å². The summed E-state index contributed by atoms with van der Waals surface area (Å²) < 4.78 is 0. The quantitative estimate of drug-likeness (QED) is 0.593. The summed E-state index contributed by atoms with van der Waals surface area (Å²) in [6.45, 7) is 0.796. The minimum atomic E-state index is -0.949. The number of rotatable bonds is 2. The Morgan fingerprint density at radius 3 is 2.68 bits per heavy atom. The smallest absolute Gasteiger partial charge is 0.326 e. The molecular formula is C12H19N3O4. The molecule has 0 aromatic rings. The summed E-state index contributed by atoms with van der Waals surface area (Å²) in [4.78, 5) is 36.1. The summed E-state index contributed by atoms with van der Waals surface area (Å²) in [6, 6.07) is -1.26. The standard InChI is InChI=1S/C12H19N3O4/c16-10-7-13-8(6-14-10)11(17)15-5-3-1-2-4-9(15)12(18)19/h8-9,13H,1-7H2,(H,14,16)(H,18,19). The average molecular weight is 269 g/mol.